The second-order valence-electron chi connectivity index (χ2n) is 5.67. The minimum Gasteiger partial charge on any atom is -0.342 e. The largest absolute Gasteiger partial charge is 0.342 e. The smallest absolute Gasteiger partial charge is 0.236 e. The first-order valence-corrected chi connectivity index (χ1v) is 7.01. The number of rotatable bonds is 5. The van der Waals surface area contributed by atoms with Crippen LogP contribution in [0.2, 0.25) is 0 Å². The second-order valence-corrected chi connectivity index (χ2v) is 5.67. The molecule has 3 nitrogen and oxygen atoms in total. The Kier molecular flexibility index (Phi) is 5.96. The Morgan fingerprint density at radius 2 is 1.82 bits per heavy atom. The van der Waals surface area contributed by atoms with Gasteiger partial charge in [0.25, 0.3) is 0 Å². The number of likely N-dealkylation sites (N-methyl/N-ethyl adjacent to an activating group) is 1. The third-order valence-electron chi connectivity index (χ3n) is 4.10. The summed E-state index contributed by atoms with van der Waals surface area (Å²) in [5.74, 6) is 0.962. The Bertz CT molecular complexity index is 234. The molecule has 0 aliphatic heterocycles. The minimum absolute atomic E-state index is 0.197. The predicted molar refractivity (Wildman–Crippen MR) is 71.9 cm³/mol. The number of nitrogens with one attached hydrogen (secondary N) is 1. The third-order valence-corrected chi connectivity index (χ3v) is 4.10. The van der Waals surface area contributed by atoms with Gasteiger partial charge in [-0.25, -0.2) is 0 Å². The van der Waals surface area contributed by atoms with Crippen LogP contribution in [0.25, 0.3) is 0 Å². The Morgan fingerprint density at radius 1 is 1.24 bits per heavy atom. The van der Waals surface area contributed by atoms with Crippen molar-refractivity contribution in [3.63, 3.8) is 0 Å². The van der Waals surface area contributed by atoms with Crippen molar-refractivity contribution >= 4 is 5.91 Å². The number of hydrogen-bond donors (Lipinski definition) is 1. The molecule has 1 N–H and O–H groups in total. The molecule has 1 aliphatic rings. The molecule has 1 rings (SSSR count). The average Bonchev–Trinajstić information content (AvgIpc) is 2.35. The predicted octanol–water partition coefficient (Wildman–Crippen LogP) is 2.41. The van der Waals surface area contributed by atoms with Crippen molar-refractivity contribution in [1.29, 1.82) is 0 Å². The van der Waals surface area contributed by atoms with E-state index in [9.17, 15) is 4.79 Å². The molecule has 0 heterocycles. The van der Waals surface area contributed by atoms with Crippen LogP contribution in [0.1, 0.15) is 52.9 Å². The Labute approximate surface area is 106 Å². The van der Waals surface area contributed by atoms with Crippen LogP contribution in [0.3, 0.4) is 0 Å². The number of carbonyl (C=O) groups excluding carboxylic acids is 1. The maximum absolute atomic E-state index is 11.8. The van der Waals surface area contributed by atoms with Crippen molar-refractivity contribution in [1.82, 2.24) is 10.2 Å². The van der Waals surface area contributed by atoms with E-state index in [1.165, 1.54) is 32.1 Å². The average molecular weight is 240 g/mol. The van der Waals surface area contributed by atoms with E-state index in [-0.39, 0.29) is 11.9 Å². The van der Waals surface area contributed by atoms with Gasteiger partial charge in [-0.05, 0) is 39.5 Å². The van der Waals surface area contributed by atoms with E-state index in [0.29, 0.717) is 12.6 Å². The van der Waals surface area contributed by atoms with Gasteiger partial charge in [0.1, 0.15) is 0 Å². The van der Waals surface area contributed by atoms with Crippen molar-refractivity contribution in [2.75, 3.05) is 13.6 Å². The summed E-state index contributed by atoms with van der Waals surface area (Å²) in [6.07, 6.45) is 6.75. The molecule has 1 fully saturated rings. The molecule has 0 aromatic heterocycles. The van der Waals surface area contributed by atoms with Gasteiger partial charge in [-0.1, -0.05) is 19.3 Å². The van der Waals surface area contributed by atoms with E-state index in [2.05, 4.69) is 12.2 Å². The summed E-state index contributed by atoms with van der Waals surface area (Å²) in [6, 6.07) is 0.758. The van der Waals surface area contributed by atoms with Crippen LogP contribution in [0.5, 0.6) is 0 Å². The van der Waals surface area contributed by atoms with E-state index in [0.717, 1.165) is 5.92 Å². The molecule has 100 valence electrons. The van der Waals surface area contributed by atoms with Gasteiger partial charge in [0.05, 0.1) is 6.54 Å². The fourth-order valence-electron chi connectivity index (χ4n) is 2.46. The minimum atomic E-state index is 0.197. The van der Waals surface area contributed by atoms with Crippen molar-refractivity contribution < 1.29 is 4.79 Å². The molecule has 1 atom stereocenters. The first kappa shape index (κ1) is 14.5. The highest BCUT2D eigenvalue weighted by Crippen LogP contribution is 2.26. The number of nitrogens with zero attached hydrogens (tertiary/aromatic N) is 1. The zero-order valence-electron chi connectivity index (χ0n) is 11.8. The van der Waals surface area contributed by atoms with E-state index in [1.54, 1.807) is 4.90 Å². The second kappa shape index (κ2) is 7.00. The van der Waals surface area contributed by atoms with Gasteiger partial charge in [0.15, 0.2) is 0 Å². The van der Waals surface area contributed by atoms with Crippen LogP contribution in [0, 0.1) is 5.92 Å². The number of carbonyl (C=O) groups is 1. The van der Waals surface area contributed by atoms with Gasteiger partial charge in [-0.3, -0.25) is 4.79 Å². The first-order chi connectivity index (χ1) is 8.02. The van der Waals surface area contributed by atoms with Crippen molar-refractivity contribution in [3.05, 3.63) is 0 Å². The molecule has 0 unspecified atom stereocenters. The van der Waals surface area contributed by atoms with Gasteiger partial charge in [0, 0.05) is 19.1 Å². The van der Waals surface area contributed by atoms with Crippen molar-refractivity contribution in [3.8, 4) is 0 Å². The molecule has 1 aliphatic carbocycles. The molecule has 0 saturated heterocycles. The lowest BCUT2D eigenvalue weighted by Crippen LogP contribution is -2.44. The van der Waals surface area contributed by atoms with Crippen LogP contribution < -0.4 is 5.32 Å². The van der Waals surface area contributed by atoms with Gasteiger partial charge >= 0.3 is 0 Å². The highest BCUT2D eigenvalue weighted by molar-refractivity contribution is 5.78. The third kappa shape index (κ3) is 4.66. The fourth-order valence-corrected chi connectivity index (χ4v) is 2.46. The van der Waals surface area contributed by atoms with Crippen LogP contribution in [-0.4, -0.2) is 36.5 Å². The van der Waals surface area contributed by atoms with Crippen LogP contribution in [0.4, 0.5) is 0 Å². The highest BCUT2D eigenvalue weighted by Gasteiger charge is 2.21. The van der Waals surface area contributed by atoms with E-state index in [1.807, 2.05) is 20.9 Å². The number of hydrogen-bond acceptors (Lipinski definition) is 2. The topological polar surface area (TPSA) is 32.3 Å². The maximum Gasteiger partial charge on any atom is 0.236 e. The van der Waals surface area contributed by atoms with Crippen molar-refractivity contribution in [2.45, 2.75) is 65.0 Å². The molecular formula is C14H28N2O. The standard InChI is InChI=1S/C14H28N2O/c1-11(2)16(4)14(17)10-15-12(3)13-8-6-5-7-9-13/h11-13,15H,5-10H2,1-4H3/t12-/m1/s1. The normalized spacial score (nSPS) is 19.4. The van der Waals surface area contributed by atoms with E-state index < -0.39 is 0 Å². The Hall–Kier alpha value is -0.570. The quantitative estimate of drug-likeness (QED) is 0.800. The maximum atomic E-state index is 11.8. The molecule has 17 heavy (non-hydrogen) atoms. The first-order valence-electron chi connectivity index (χ1n) is 7.01. The Balaban J connectivity index is 2.27. The van der Waals surface area contributed by atoms with Gasteiger partial charge in [-0.15, -0.1) is 0 Å². The molecule has 0 aromatic carbocycles. The van der Waals surface area contributed by atoms with Crippen molar-refractivity contribution in [2.24, 2.45) is 5.92 Å². The molecule has 0 spiro atoms. The molecular weight excluding hydrogens is 212 g/mol. The molecule has 0 bridgehead atoms. The summed E-state index contributed by atoms with van der Waals surface area (Å²) in [5, 5.41) is 3.40. The van der Waals surface area contributed by atoms with Crippen LogP contribution in [0.15, 0.2) is 0 Å². The molecule has 0 aromatic rings. The summed E-state index contributed by atoms with van der Waals surface area (Å²) in [5.41, 5.74) is 0. The monoisotopic (exact) mass is 240 g/mol. The lowest BCUT2D eigenvalue weighted by atomic mass is 9.84. The highest BCUT2D eigenvalue weighted by atomic mass is 16.2. The zero-order chi connectivity index (χ0) is 12.8. The van der Waals surface area contributed by atoms with Gasteiger partial charge in [-0.2, -0.15) is 0 Å². The summed E-state index contributed by atoms with van der Waals surface area (Å²) in [4.78, 5) is 13.6. The van der Waals surface area contributed by atoms with E-state index >= 15 is 0 Å². The summed E-state index contributed by atoms with van der Waals surface area (Å²) in [6.45, 7) is 6.79. The van der Waals surface area contributed by atoms with E-state index in [4.69, 9.17) is 0 Å². The lowest BCUT2D eigenvalue weighted by molar-refractivity contribution is -0.130. The lowest BCUT2D eigenvalue weighted by Gasteiger charge is -2.29. The molecule has 0 radical (unpaired) electrons. The molecule has 3 heteroatoms. The summed E-state index contributed by atoms with van der Waals surface area (Å²) < 4.78 is 0. The summed E-state index contributed by atoms with van der Waals surface area (Å²) >= 11 is 0. The van der Waals surface area contributed by atoms with Crippen LogP contribution >= 0.6 is 0 Å². The SMILES string of the molecule is CC(C)N(C)C(=O)CN[C@H](C)C1CCCCC1. The fraction of sp³-hybridized carbons (Fsp3) is 0.929. The van der Waals surface area contributed by atoms with Crippen LogP contribution in [-0.2, 0) is 4.79 Å². The van der Waals surface area contributed by atoms with Gasteiger partial charge in [0.2, 0.25) is 5.91 Å². The zero-order valence-corrected chi connectivity index (χ0v) is 11.8. The summed E-state index contributed by atoms with van der Waals surface area (Å²) in [7, 11) is 1.87. The molecule has 1 amide bonds. The Morgan fingerprint density at radius 3 is 2.35 bits per heavy atom. The molecule has 1 saturated carbocycles. The van der Waals surface area contributed by atoms with Gasteiger partial charge < -0.3 is 10.2 Å². The number of amides is 1.